The molecule has 0 radical (unpaired) electrons. The minimum Gasteiger partial charge on any atom is -0.348 e. The number of nitrogens with one attached hydrogen (secondary N) is 1. The van der Waals surface area contributed by atoms with Crippen molar-refractivity contribution in [2.45, 2.75) is 12.6 Å². The van der Waals surface area contributed by atoms with Crippen molar-refractivity contribution in [3.05, 3.63) is 88.2 Å². The van der Waals surface area contributed by atoms with Crippen LogP contribution in [0, 0.1) is 0 Å². The van der Waals surface area contributed by atoms with E-state index in [1.54, 1.807) is 24.3 Å². The third-order valence-electron chi connectivity index (χ3n) is 4.58. The molecule has 0 spiro atoms. The van der Waals surface area contributed by atoms with Gasteiger partial charge in [-0.3, -0.25) is 0 Å². The van der Waals surface area contributed by atoms with E-state index in [0.717, 1.165) is 23.5 Å². The minimum atomic E-state index is -0.164. The zero-order valence-electron chi connectivity index (χ0n) is 13.9. The summed E-state index contributed by atoms with van der Waals surface area (Å²) in [4.78, 5) is 14.8. The number of aromatic nitrogens is 1. The molecular formula is C20H17Cl2N3O. The Labute approximate surface area is 161 Å². The fourth-order valence-corrected chi connectivity index (χ4v) is 3.58. The summed E-state index contributed by atoms with van der Waals surface area (Å²) in [5, 5.41) is 4.28. The fraction of sp³-hybridized carbons (Fsp3) is 0.150. The van der Waals surface area contributed by atoms with E-state index < -0.39 is 0 Å². The van der Waals surface area contributed by atoms with E-state index >= 15 is 0 Å². The standard InChI is InChI=1S/C20H17Cl2N3O/c21-15-5-3-14(4-6-15)19-18-2-1-11-24(18)12-13-25(19)20(26)23-17-9-7-16(22)8-10-17/h1-11,19H,12-13H2,(H,23,26)/t19-/m1/s1. The molecule has 0 saturated carbocycles. The average molecular weight is 386 g/mol. The number of hydrogen-bond acceptors (Lipinski definition) is 1. The van der Waals surface area contributed by atoms with Crippen LogP contribution in [-0.2, 0) is 6.54 Å². The Kier molecular flexibility index (Phi) is 4.62. The van der Waals surface area contributed by atoms with Gasteiger partial charge in [0.1, 0.15) is 0 Å². The van der Waals surface area contributed by atoms with E-state index in [1.165, 1.54) is 0 Å². The molecule has 1 aromatic heterocycles. The number of benzene rings is 2. The number of carbonyl (C=O) groups excluding carboxylic acids is 1. The minimum absolute atomic E-state index is 0.139. The quantitative estimate of drug-likeness (QED) is 0.626. The maximum atomic E-state index is 13.0. The molecular weight excluding hydrogens is 369 g/mol. The van der Waals surface area contributed by atoms with Gasteiger partial charge in [-0.25, -0.2) is 4.79 Å². The Morgan fingerprint density at radius 2 is 1.58 bits per heavy atom. The highest BCUT2D eigenvalue weighted by atomic mass is 35.5. The van der Waals surface area contributed by atoms with Crippen LogP contribution in [0.15, 0.2) is 66.9 Å². The molecule has 4 nitrogen and oxygen atoms in total. The summed E-state index contributed by atoms with van der Waals surface area (Å²) in [7, 11) is 0. The molecule has 4 rings (SSSR count). The number of amides is 2. The van der Waals surface area contributed by atoms with E-state index in [9.17, 15) is 4.79 Å². The lowest BCUT2D eigenvalue weighted by molar-refractivity contribution is 0.182. The number of hydrogen-bond donors (Lipinski definition) is 1. The number of halogens is 2. The molecule has 0 fully saturated rings. The third kappa shape index (κ3) is 3.30. The van der Waals surface area contributed by atoms with Gasteiger partial charge in [-0.05, 0) is 54.1 Å². The van der Waals surface area contributed by atoms with Gasteiger partial charge in [0.05, 0.1) is 6.04 Å². The lowest BCUT2D eigenvalue weighted by Gasteiger charge is -2.37. The summed E-state index contributed by atoms with van der Waals surface area (Å²) < 4.78 is 2.19. The number of rotatable bonds is 2. The van der Waals surface area contributed by atoms with E-state index in [1.807, 2.05) is 41.4 Å². The summed E-state index contributed by atoms with van der Waals surface area (Å²) in [6.45, 7) is 1.38. The topological polar surface area (TPSA) is 37.3 Å². The van der Waals surface area contributed by atoms with E-state index in [2.05, 4.69) is 16.0 Å². The van der Waals surface area contributed by atoms with Crippen molar-refractivity contribution in [3.8, 4) is 0 Å². The van der Waals surface area contributed by atoms with Crippen molar-refractivity contribution >= 4 is 34.9 Å². The van der Waals surface area contributed by atoms with Crippen LogP contribution in [0.4, 0.5) is 10.5 Å². The first-order valence-electron chi connectivity index (χ1n) is 8.35. The third-order valence-corrected chi connectivity index (χ3v) is 5.08. The van der Waals surface area contributed by atoms with Gasteiger partial charge in [0.15, 0.2) is 0 Å². The molecule has 132 valence electrons. The second-order valence-corrected chi connectivity index (χ2v) is 7.08. The summed E-state index contributed by atoms with van der Waals surface area (Å²) in [5.74, 6) is 0. The van der Waals surface area contributed by atoms with Crippen LogP contribution in [0.1, 0.15) is 17.3 Å². The summed E-state index contributed by atoms with van der Waals surface area (Å²) in [5.41, 5.74) is 2.83. The first-order chi connectivity index (χ1) is 12.6. The van der Waals surface area contributed by atoms with Crippen molar-refractivity contribution in [2.75, 3.05) is 11.9 Å². The molecule has 0 unspecified atom stereocenters. The highest BCUT2D eigenvalue weighted by molar-refractivity contribution is 6.30. The number of anilines is 1. The number of urea groups is 1. The van der Waals surface area contributed by atoms with Crippen molar-refractivity contribution in [3.63, 3.8) is 0 Å². The molecule has 2 amide bonds. The first kappa shape index (κ1) is 17.0. The predicted octanol–water partition coefficient (Wildman–Crippen LogP) is 5.43. The van der Waals surface area contributed by atoms with Gasteiger partial charge in [0.2, 0.25) is 0 Å². The molecule has 1 aliphatic heterocycles. The van der Waals surface area contributed by atoms with Gasteiger partial charge >= 0.3 is 6.03 Å². The second kappa shape index (κ2) is 7.06. The summed E-state index contributed by atoms with van der Waals surface area (Å²) >= 11 is 12.0. The Bertz CT molecular complexity index is 919. The zero-order chi connectivity index (χ0) is 18.1. The lowest BCUT2D eigenvalue weighted by atomic mass is 10.0. The smallest absolute Gasteiger partial charge is 0.322 e. The first-order valence-corrected chi connectivity index (χ1v) is 9.11. The van der Waals surface area contributed by atoms with Crippen LogP contribution in [0.2, 0.25) is 10.0 Å². The zero-order valence-corrected chi connectivity index (χ0v) is 15.4. The molecule has 0 bridgehead atoms. The van der Waals surface area contributed by atoms with Crippen molar-refractivity contribution in [1.29, 1.82) is 0 Å². The molecule has 2 heterocycles. The highest BCUT2D eigenvalue weighted by Gasteiger charge is 2.32. The molecule has 1 aliphatic rings. The van der Waals surface area contributed by atoms with Crippen molar-refractivity contribution < 1.29 is 4.79 Å². The average Bonchev–Trinajstić information content (AvgIpc) is 3.12. The Morgan fingerprint density at radius 3 is 2.27 bits per heavy atom. The molecule has 26 heavy (non-hydrogen) atoms. The van der Waals surface area contributed by atoms with Gasteiger partial charge in [0.25, 0.3) is 0 Å². The van der Waals surface area contributed by atoms with E-state index in [0.29, 0.717) is 16.6 Å². The van der Waals surface area contributed by atoms with Gasteiger partial charge in [-0.2, -0.15) is 0 Å². The largest absolute Gasteiger partial charge is 0.348 e. The molecule has 1 N–H and O–H groups in total. The summed E-state index contributed by atoms with van der Waals surface area (Å²) in [6, 6.07) is 18.5. The second-order valence-electron chi connectivity index (χ2n) is 6.21. The Morgan fingerprint density at radius 1 is 0.923 bits per heavy atom. The van der Waals surface area contributed by atoms with Gasteiger partial charge in [-0.15, -0.1) is 0 Å². The normalized spacial score (nSPS) is 16.2. The SMILES string of the molecule is O=C(Nc1ccc(Cl)cc1)N1CCn2cccc2[C@H]1c1ccc(Cl)cc1. The van der Waals surface area contributed by atoms with Crippen LogP contribution in [-0.4, -0.2) is 22.0 Å². The van der Waals surface area contributed by atoms with Crippen LogP contribution < -0.4 is 5.32 Å². The van der Waals surface area contributed by atoms with E-state index in [-0.39, 0.29) is 12.1 Å². The van der Waals surface area contributed by atoms with Crippen LogP contribution in [0.3, 0.4) is 0 Å². The highest BCUT2D eigenvalue weighted by Crippen LogP contribution is 2.33. The number of nitrogens with zero attached hydrogens (tertiary/aromatic N) is 2. The molecule has 1 atom stereocenters. The van der Waals surface area contributed by atoms with Gasteiger partial charge in [-0.1, -0.05) is 35.3 Å². The van der Waals surface area contributed by atoms with E-state index in [4.69, 9.17) is 23.2 Å². The fourth-order valence-electron chi connectivity index (χ4n) is 3.33. The number of fused-ring (bicyclic) bond motifs is 1. The molecule has 3 aromatic rings. The maximum absolute atomic E-state index is 13.0. The van der Waals surface area contributed by atoms with Crippen LogP contribution in [0.5, 0.6) is 0 Å². The predicted molar refractivity (Wildman–Crippen MR) is 105 cm³/mol. The maximum Gasteiger partial charge on any atom is 0.322 e. The lowest BCUT2D eigenvalue weighted by Crippen LogP contribution is -2.44. The number of carbonyl (C=O) groups is 1. The van der Waals surface area contributed by atoms with Crippen molar-refractivity contribution in [1.82, 2.24) is 9.47 Å². The van der Waals surface area contributed by atoms with Gasteiger partial charge < -0.3 is 14.8 Å². The monoisotopic (exact) mass is 385 g/mol. The van der Waals surface area contributed by atoms with Crippen LogP contribution in [0.25, 0.3) is 0 Å². The van der Waals surface area contributed by atoms with Gasteiger partial charge in [0, 0.05) is 40.7 Å². The molecule has 6 heteroatoms. The molecule has 0 aliphatic carbocycles. The molecule has 2 aromatic carbocycles. The Hall–Kier alpha value is -2.43. The van der Waals surface area contributed by atoms with Crippen LogP contribution >= 0.6 is 23.2 Å². The Balaban J connectivity index is 1.66. The molecule has 0 saturated heterocycles. The summed E-state index contributed by atoms with van der Waals surface area (Å²) in [6.07, 6.45) is 2.05. The van der Waals surface area contributed by atoms with Crippen molar-refractivity contribution in [2.24, 2.45) is 0 Å².